The summed E-state index contributed by atoms with van der Waals surface area (Å²) < 4.78 is 0. The summed E-state index contributed by atoms with van der Waals surface area (Å²) in [4.78, 5) is 8.24. The van der Waals surface area contributed by atoms with E-state index in [1.165, 1.54) is 6.42 Å². The lowest BCUT2D eigenvalue weighted by Crippen LogP contribution is -1.97. The molecule has 1 aromatic heterocycles. The van der Waals surface area contributed by atoms with Gasteiger partial charge in [0.2, 0.25) is 0 Å². The maximum atomic E-state index is 5.73. The van der Waals surface area contributed by atoms with Gasteiger partial charge in [0.05, 0.1) is 5.75 Å². The predicted molar refractivity (Wildman–Crippen MR) is 58.1 cm³/mol. The molecule has 0 aliphatic carbocycles. The van der Waals surface area contributed by atoms with E-state index in [0.29, 0.717) is 10.4 Å². The van der Waals surface area contributed by atoms with E-state index in [1.54, 1.807) is 12.3 Å². The van der Waals surface area contributed by atoms with E-state index >= 15 is 0 Å². The molecule has 0 radical (unpaired) electrons. The molecule has 0 amide bonds. The lowest BCUT2D eigenvalue weighted by Gasteiger charge is -2.06. The number of hydrogen-bond donors (Lipinski definition) is 0. The number of nitrogens with zero attached hydrogens (tertiary/aromatic N) is 2. The van der Waals surface area contributed by atoms with Gasteiger partial charge in [-0.05, 0) is 12.5 Å². The van der Waals surface area contributed by atoms with Crippen LogP contribution in [0.4, 0.5) is 0 Å². The second-order valence-electron chi connectivity index (χ2n) is 2.83. The molecule has 0 fully saturated rings. The van der Waals surface area contributed by atoms with E-state index in [1.807, 2.05) is 11.8 Å². The summed E-state index contributed by atoms with van der Waals surface area (Å²) in [5.74, 6) is 1.66. The first-order valence-corrected chi connectivity index (χ1v) is 5.74. The van der Waals surface area contributed by atoms with Crippen molar-refractivity contribution in [1.29, 1.82) is 0 Å². The van der Waals surface area contributed by atoms with Crippen LogP contribution in [0, 0.1) is 0 Å². The van der Waals surface area contributed by atoms with Gasteiger partial charge in [0.15, 0.2) is 0 Å². The topological polar surface area (TPSA) is 25.8 Å². The van der Waals surface area contributed by atoms with Crippen LogP contribution in [0.2, 0.25) is 5.15 Å². The lowest BCUT2D eigenvalue weighted by atomic mass is 10.4. The van der Waals surface area contributed by atoms with Crippen molar-refractivity contribution >= 4 is 23.4 Å². The van der Waals surface area contributed by atoms with Crippen LogP contribution in [0.5, 0.6) is 0 Å². The smallest absolute Gasteiger partial charge is 0.139 e. The van der Waals surface area contributed by atoms with Crippen molar-refractivity contribution in [3.63, 3.8) is 0 Å². The first-order chi connectivity index (χ1) is 6.22. The summed E-state index contributed by atoms with van der Waals surface area (Å²) in [6.45, 7) is 4.38. The SMILES string of the molecule is CCC(C)SCc1nccc(Cl)n1. The van der Waals surface area contributed by atoms with Crippen LogP contribution in [0.25, 0.3) is 0 Å². The zero-order valence-corrected chi connectivity index (χ0v) is 9.40. The number of halogens is 1. The normalized spacial score (nSPS) is 12.8. The van der Waals surface area contributed by atoms with E-state index in [-0.39, 0.29) is 0 Å². The van der Waals surface area contributed by atoms with Crippen LogP contribution in [0.3, 0.4) is 0 Å². The van der Waals surface area contributed by atoms with Crippen LogP contribution < -0.4 is 0 Å². The first-order valence-electron chi connectivity index (χ1n) is 4.31. The van der Waals surface area contributed by atoms with Gasteiger partial charge in [-0.15, -0.1) is 0 Å². The van der Waals surface area contributed by atoms with Gasteiger partial charge in [-0.2, -0.15) is 11.8 Å². The van der Waals surface area contributed by atoms with Gasteiger partial charge in [0, 0.05) is 11.4 Å². The van der Waals surface area contributed by atoms with Crippen molar-refractivity contribution in [3.05, 3.63) is 23.2 Å². The fourth-order valence-corrected chi connectivity index (χ4v) is 1.74. The molecular formula is C9H13ClN2S. The minimum Gasteiger partial charge on any atom is -0.240 e. The van der Waals surface area contributed by atoms with E-state index < -0.39 is 0 Å². The van der Waals surface area contributed by atoms with Gasteiger partial charge in [-0.1, -0.05) is 25.4 Å². The molecule has 1 rings (SSSR count). The van der Waals surface area contributed by atoms with Crippen molar-refractivity contribution in [1.82, 2.24) is 9.97 Å². The lowest BCUT2D eigenvalue weighted by molar-refractivity contribution is 0.901. The third-order valence-corrected chi connectivity index (χ3v) is 3.28. The van der Waals surface area contributed by atoms with Crippen LogP contribution in [0.1, 0.15) is 26.1 Å². The molecule has 2 nitrogen and oxygen atoms in total. The summed E-state index contributed by atoms with van der Waals surface area (Å²) in [5, 5.41) is 1.18. The zero-order valence-electron chi connectivity index (χ0n) is 7.83. The quantitative estimate of drug-likeness (QED) is 0.724. The summed E-state index contributed by atoms with van der Waals surface area (Å²) in [7, 11) is 0. The van der Waals surface area contributed by atoms with Crippen molar-refractivity contribution in [2.75, 3.05) is 0 Å². The third kappa shape index (κ3) is 3.96. The van der Waals surface area contributed by atoms with Crippen LogP contribution in [0.15, 0.2) is 12.3 Å². The van der Waals surface area contributed by atoms with Gasteiger partial charge < -0.3 is 0 Å². The average molecular weight is 217 g/mol. The van der Waals surface area contributed by atoms with Gasteiger partial charge in [0.25, 0.3) is 0 Å². The summed E-state index contributed by atoms with van der Waals surface area (Å²) >= 11 is 7.59. The van der Waals surface area contributed by atoms with Crippen molar-refractivity contribution in [2.45, 2.75) is 31.3 Å². The standard InChI is InChI=1S/C9H13ClN2S/c1-3-7(2)13-6-9-11-5-4-8(10)12-9/h4-5,7H,3,6H2,1-2H3. The minimum absolute atomic E-state index is 0.523. The highest BCUT2D eigenvalue weighted by Gasteiger charge is 2.02. The number of hydrogen-bond acceptors (Lipinski definition) is 3. The fraction of sp³-hybridized carbons (Fsp3) is 0.556. The van der Waals surface area contributed by atoms with Crippen molar-refractivity contribution < 1.29 is 0 Å². The molecule has 4 heteroatoms. The molecule has 1 heterocycles. The molecule has 0 saturated heterocycles. The van der Waals surface area contributed by atoms with Gasteiger partial charge in [-0.3, -0.25) is 0 Å². The molecule has 72 valence electrons. The van der Waals surface area contributed by atoms with E-state index in [4.69, 9.17) is 11.6 Å². The predicted octanol–water partition coefficient (Wildman–Crippen LogP) is 3.16. The summed E-state index contributed by atoms with van der Waals surface area (Å²) in [5.41, 5.74) is 0. The molecule has 0 aliphatic heterocycles. The molecule has 1 unspecified atom stereocenters. The Morgan fingerprint density at radius 1 is 1.62 bits per heavy atom. The minimum atomic E-state index is 0.523. The largest absolute Gasteiger partial charge is 0.240 e. The van der Waals surface area contributed by atoms with E-state index in [9.17, 15) is 0 Å². The Labute approximate surface area is 88.1 Å². The molecule has 13 heavy (non-hydrogen) atoms. The first kappa shape index (κ1) is 10.8. The highest BCUT2D eigenvalue weighted by atomic mass is 35.5. The van der Waals surface area contributed by atoms with Crippen molar-refractivity contribution in [3.8, 4) is 0 Å². The molecule has 0 N–H and O–H groups in total. The molecule has 0 saturated carbocycles. The van der Waals surface area contributed by atoms with Gasteiger partial charge in [0.1, 0.15) is 11.0 Å². The average Bonchev–Trinajstić information content (AvgIpc) is 2.14. The fourth-order valence-electron chi connectivity index (χ4n) is 0.778. The molecule has 0 aliphatic rings. The summed E-state index contributed by atoms with van der Waals surface area (Å²) in [6, 6.07) is 1.69. The Bertz CT molecular complexity index is 268. The Balaban J connectivity index is 2.45. The molecule has 0 aromatic carbocycles. The molecular weight excluding hydrogens is 204 g/mol. The number of rotatable bonds is 4. The Morgan fingerprint density at radius 3 is 3.00 bits per heavy atom. The highest BCUT2D eigenvalue weighted by molar-refractivity contribution is 7.99. The van der Waals surface area contributed by atoms with Crippen LogP contribution in [-0.4, -0.2) is 15.2 Å². The third-order valence-electron chi connectivity index (χ3n) is 1.74. The van der Waals surface area contributed by atoms with Gasteiger partial charge >= 0.3 is 0 Å². The van der Waals surface area contributed by atoms with Crippen molar-refractivity contribution in [2.24, 2.45) is 0 Å². The Kier molecular flexibility index (Phi) is 4.53. The maximum Gasteiger partial charge on any atom is 0.139 e. The Hall–Kier alpha value is -0.280. The molecule has 0 spiro atoms. The summed E-state index contributed by atoms with van der Waals surface area (Å²) in [6.07, 6.45) is 2.87. The van der Waals surface area contributed by atoms with E-state index in [2.05, 4.69) is 23.8 Å². The second kappa shape index (κ2) is 5.45. The zero-order chi connectivity index (χ0) is 9.68. The maximum absolute atomic E-state index is 5.73. The number of aromatic nitrogens is 2. The van der Waals surface area contributed by atoms with E-state index in [0.717, 1.165) is 11.6 Å². The Morgan fingerprint density at radius 2 is 2.38 bits per heavy atom. The highest BCUT2D eigenvalue weighted by Crippen LogP contribution is 2.17. The molecule has 1 aromatic rings. The van der Waals surface area contributed by atoms with Gasteiger partial charge in [-0.25, -0.2) is 9.97 Å². The second-order valence-corrected chi connectivity index (χ2v) is 4.64. The monoisotopic (exact) mass is 216 g/mol. The van der Waals surface area contributed by atoms with Crippen LogP contribution >= 0.6 is 23.4 Å². The molecule has 1 atom stereocenters. The molecule has 0 bridgehead atoms. The van der Waals surface area contributed by atoms with Crippen LogP contribution in [-0.2, 0) is 5.75 Å². The number of thioether (sulfide) groups is 1.